The number of nitrogens with two attached hydrogens (primary N) is 1. The van der Waals surface area contributed by atoms with Crippen molar-refractivity contribution in [2.24, 2.45) is 0 Å². The molecule has 1 heterocycles. The molecule has 0 amide bonds. The van der Waals surface area contributed by atoms with Crippen LogP contribution in [0.25, 0.3) is 0 Å². The Hall–Kier alpha value is -1.22. The van der Waals surface area contributed by atoms with Gasteiger partial charge in [-0.15, -0.1) is 0 Å². The first-order chi connectivity index (χ1) is 8.16. The third-order valence-electron chi connectivity index (χ3n) is 3.14. The molecule has 1 aliphatic rings. The molecule has 0 aliphatic carbocycles. The van der Waals surface area contributed by atoms with Crippen LogP contribution >= 0.6 is 0 Å². The summed E-state index contributed by atoms with van der Waals surface area (Å²) in [7, 11) is 0. The highest BCUT2D eigenvalue weighted by Crippen LogP contribution is 2.28. The standard InChI is InChI=1S/C14H22N2O/c1-11(2)17-9-8-16-7-3-4-12-5-6-13(15)10-14(12)16/h5-6,10-11H,3-4,7-9,15H2,1-2H3. The summed E-state index contributed by atoms with van der Waals surface area (Å²) in [6, 6.07) is 6.23. The average molecular weight is 234 g/mol. The van der Waals surface area contributed by atoms with Gasteiger partial charge in [-0.1, -0.05) is 6.07 Å². The van der Waals surface area contributed by atoms with E-state index >= 15 is 0 Å². The molecule has 0 bridgehead atoms. The van der Waals surface area contributed by atoms with Crippen LogP contribution in [0.2, 0.25) is 0 Å². The van der Waals surface area contributed by atoms with E-state index in [2.05, 4.69) is 30.9 Å². The number of ether oxygens (including phenoxy) is 1. The van der Waals surface area contributed by atoms with Gasteiger partial charge in [0.1, 0.15) is 0 Å². The van der Waals surface area contributed by atoms with Crippen molar-refractivity contribution in [3.05, 3.63) is 23.8 Å². The highest BCUT2D eigenvalue weighted by Gasteiger charge is 2.16. The maximum Gasteiger partial charge on any atom is 0.0645 e. The predicted octanol–water partition coefficient (Wildman–Crippen LogP) is 2.45. The minimum Gasteiger partial charge on any atom is -0.399 e. The van der Waals surface area contributed by atoms with E-state index in [-0.39, 0.29) is 0 Å². The maximum atomic E-state index is 5.86. The number of aryl methyl sites for hydroxylation is 1. The summed E-state index contributed by atoms with van der Waals surface area (Å²) in [6.07, 6.45) is 2.69. The van der Waals surface area contributed by atoms with Crippen LogP contribution in [-0.2, 0) is 11.2 Å². The summed E-state index contributed by atoms with van der Waals surface area (Å²) in [6.45, 7) is 6.99. The number of nitrogens with zero attached hydrogens (tertiary/aromatic N) is 1. The van der Waals surface area contributed by atoms with E-state index in [1.165, 1.54) is 17.7 Å². The molecule has 0 atom stereocenters. The minimum atomic E-state index is 0.306. The minimum absolute atomic E-state index is 0.306. The number of fused-ring (bicyclic) bond motifs is 1. The van der Waals surface area contributed by atoms with Gasteiger partial charge < -0.3 is 15.4 Å². The van der Waals surface area contributed by atoms with Gasteiger partial charge in [-0.3, -0.25) is 0 Å². The molecule has 3 nitrogen and oxygen atoms in total. The fourth-order valence-electron chi connectivity index (χ4n) is 2.30. The van der Waals surface area contributed by atoms with Crippen molar-refractivity contribution in [2.75, 3.05) is 30.3 Å². The zero-order valence-electron chi connectivity index (χ0n) is 10.8. The summed E-state index contributed by atoms with van der Waals surface area (Å²) in [4.78, 5) is 2.39. The normalized spacial score (nSPS) is 15.1. The molecular weight excluding hydrogens is 212 g/mol. The second-order valence-electron chi connectivity index (χ2n) is 4.90. The van der Waals surface area contributed by atoms with E-state index in [0.717, 1.165) is 31.8 Å². The second-order valence-corrected chi connectivity index (χ2v) is 4.90. The molecule has 0 aromatic heterocycles. The lowest BCUT2D eigenvalue weighted by molar-refractivity contribution is 0.0839. The Morgan fingerprint density at radius 1 is 1.41 bits per heavy atom. The van der Waals surface area contributed by atoms with E-state index in [4.69, 9.17) is 10.5 Å². The Balaban J connectivity index is 2.03. The summed E-state index contributed by atoms with van der Waals surface area (Å²) in [5.74, 6) is 0. The van der Waals surface area contributed by atoms with E-state index in [1.54, 1.807) is 0 Å². The molecule has 3 heteroatoms. The third-order valence-corrected chi connectivity index (χ3v) is 3.14. The second kappa shape index (κ2) is 5.41. The quantitative estimate of drug-likeness (QED) is 0.813. The topological polar surface area (TPSA) is 38.5 Å². The van der Waals surface area contributed by atoms with Crippen LogP contribution in [0.1, 0.15) is 25.8 Å². The molecular formula is C14H22N2O. The monoisotopic (exact) mass is 234 g/mol. The molecule has 1 aromatic rings. The molecule has 0 radical (unpaired) electrons. The number of nitrogen functional groups attached to an aromatic ring is 1. The molecule has 2 rings (SSSR count). The third kappa shape index (κ3) is 3.13. The van der Waals surface area contributed by atoms with Crippen LogP contribution in [0.3, 0.4) is 0 Å². The SMILES string of the molecule is CC(C)OCCN1CCCc2ccc(N)cc21. The van der Waals surface area contributed by atoms with Crippen molar-refractivity contribution in [3.8, 4) is 0 Å². The maximum absolute atomic E-state index is 5.86. The Morgan fingerprint density at radius 3 is 3.00 bits per heavy atom. The van der Waals surface area contributed by atoms with Crippen molar-refractivity contribution >= 4 is 11.4 Å². The molecule has 0 spiro atoms. The molecule has 0 fully saturated rings. The van der Waals surface area contributed by atoms with Gasteiger partial charge in [0.2, 0.25) is 0 Å². The van der Waals surface area contributed by atoms with Gasteiger partial charge in [0, 0.05) is 24.5 Å². The van der Waals surface area contributed by atoms with E-state index in [0.29, 0.717) is 6.10 Å². The fraction of sp³-hybridized carbons (Fsp3) is 0.571. The Morgan fingerprint density at radius 2 is 2.24 bits per heavy atom. The van der Waals surface area contributed by atoms with E-state index < -0.39 is 0 Å². The van der Waals surface area contributed by atoms with Crippen molar-refractivity contribution in [1.82, 2.24) is 0 Å². The number of benzene rings is 1. The smallest absolute Gasteiger partial charge is 0.0645 e. The first-order valence-corrected chi connectivity index (χ1v) is 6.42. The Labute approximate surface area is 104 Å². The first kappa shape index (κ1) is 12.2. The van der Waals surface area contributed by atoms with Crippen LogP contribution in [0.4, 0.5) is 11.4 Å². The molecule has 1 aliphatic heterocycles. The summed E-state index contributed by atoms with van der Waals surface area (Å²) >= 11 is 0. The lowest BCUT2D eigenvalue weighted by atomic mass is 10.0. The highest BCUT2D eigenvalue weighted by atomic mass is 16.5. The van der Waals surface area contributed by atoms with Crippen molar-refractivity contribution in [2.45, 2.75) is 32.8 Å². The van der Waals surface area contributed by atoms with E-state index in [9.17, 15) is 0 Å². The number of hydrogen-bond donors (Lipinski definition) is 1. The molecule has 0 saturated heterocycles. The van der Waals surface area contributed by atoms with Crippen LogP contribution < -0.4 is 10.6 Å². The van der Waals surface area contributed by atoms with Crippen LogP contribution in [0.15, 0.2) is 18.2 Å². The molecule has 0 saturated carbocycles. The molecule has 17 heavy (non-hydrogen) atoms. The van der Waals surface area contributed by atoms with Gasteiger partial charge in [-0.05, 0) is 44.4 Å². The van der Waals surface area contributed by atoms with Gasteiger partial charge in [0.05, 0.1) is 12.7 Å². The van der Waals surface area contributed by atoms with Gasteiger partial charge in [0.15, 0.2) is 0 Å². The summed E-state index contributed by atoms with van der Waals surface area (Å²) in [5, 5.41) is 0. The predicted molar refractivity (Wildman–Crippen MR) is 72.5 cm³/mol. The summed E-state index contributed by atoms with van der Waals surface area (Å²) in [5.41, 5.74) is 9.42. The van der Waals surface area contributed by atoms with Gasteiger partial charge in [-0.25, -0.2) is 0 Å². The lowest BCUT2D eigenvalue weighted by Crippen LogP contribution is -2.33. The largest absolute Gasteiger partial charge is 0.399 e. The zero-order valence-corrected chi connectivity index (χ0v) is 10.8. The van der Waals surface area contributed by atoms with Gasteiger partial charge >= 0.3 is 0 Å². The van der Waals surface area contributed by atoms with Crippen molar-refractivity contribution < 1.29 is 4.74 Å². The number of hydrogen-bond acceptors (Lipinski definition) is 3. The van der Waals surface area contributed by atoms with Crippen LogP contribution in [0.5, 0.6) is 0 Å². The highest BCUT2D eigenvalue weighted by molar-refractivity contribution is 5.62. The summed E-state index contributed by atoms with van der Waals surface area (Å²) < 4.78 is 5.62. The molecule has 2 N–H and O–H groups in total. The van der Waals surface area contributed by atoms with Gasteiger partial charge in [-0.2, -0.15) is 0 Å². The van der Waals surface area contributed by atoms with Crippen LogP contribution in [0, 0.1) is 0 Å². The van der Waals surface area contributed by atoms with Gasteiger partial charge in [0.25, 0.3) is 0 Å². The fourth-order valence-corrected chi connectivity index (χ4v) is 2.30. The van der Waals surface area contributed by atoms with Crippen LogP contribution in [-0.4, -0.2) is 25.8 Å². The van der Waals surface area contributed by atoms with Crippen molar-refractivity contribution in [3.63, 3.8) is 0 Å². The van der Waals surface area contributed by atoms with E-state index in [1.807, 2.05) is 6.07 Å². The molecule has 1 aromatic carbocycles. The first-order valence-electron chi connectivity index (χ1n) is 6.42. The average Bonchev–Trinajstić information content (AvgIpc) is 2.29. The Kier molecular flexibility index (Phi) is 3.89. The zero-order chi connectivity index (χ0) is 12.3. The number of anilines is 2. The molecule has 0 unspecified atom stereocenters. The number of rotatable bonds is 4. The Bertz CT molecular complexity index is 376. The molecule has 94 valence electrons. The lowest BCUT2D eigenvalue weighted by Gasteiger charge is -2.31. The van der Waals surface area contributed by atoms with Crippen molar-refractivity contribution in [1.29, 1.82) is 0 Å².